The Bertz CT molecular complexity index is 452. The van der Waals surface area contributed by atoms with Crippen LogP contribution in [0, 0.1) is 5.41 Å². The normalized spacial score (nSPS) is 11.7. The smallest absolute Gasteiger partial charge is 0.324 e. The van der Waals surface area contributed by atoms with Gasteiger partial charge in [0.15, 0.2) is 5.96 Å². The van der Waals surface area contributed by atoms with Crippen LogP contribution in [-0.2, 0) is 6.42 Å². The van der Waals surface area contributed by atoms with Crippen LogP contribution in [0.4, 0.5) is 4.79 Å². The van der Waals surface area contributed by atoms with Crippen LogP contribution in [0.2, 0.25) is 0 Å². The zero-order chi connectivity index (χ0) is 15.7. The molecule has 1 atom stereocenters. The summed E-state index contributed by atoms with van der Waals surface area (Å²) in [7, 11) is 0. The first kappa shape index (κ1) is 17.7. The first-order valence-electron chi connectivity index (χ1n) is 6.94. The van der Waals surface area contributed by atoms with Gasteiger partial charge < -0.3 is 11.1 Å². The summed E-state index contributed by atoms with van der Waals surface area (Å²) >= 11 is 2.31. The first-order valence-corrected chi connectivity index (χ1v) is 8.18. The fraction of sp³-hybridized carbons (Fsp3) is 0.500. The van der Waals surface area contributed by atoms with Crippen molar-refractivity contribution in [2.75, 3.05) is 13.1 Å². The Morgan fingerprint density at radius 2 is 2.33 bits per heavy atom. The molecule has 21 heavy (non-hydrogen) atoms. The Balaban J connectivity index is 2.39. The Morgan fingerprint density at radius 3 is 2.90 bits per heavy atom. The number of aromatic nitrogens is 1. The van der Waals surface area contributed by atoms with Gasteiger partial charge in [-0.05, 0) is 31.4 Å². The third kappa shape index (κ3) is 7.26. The van der Waals surface area contributed by atoms with Crippen molar-refractivity contribution in [3.8, 4) is 0 Å². The number of carbonyl (C=O) groups is 1. The van der Waals surface area contributed by atoms with E-state index in [1.54, 1.807) is 6.20 Å². The van der Waals surface area contributed by atoms with Gasteiger partial charge in [0, 0.05) is 28.9 Å². The second kappa shape index (κ2) is 9.54. The number of halogens is 1. The lowest BCUT2D eigenvalue weighted by Gasteiger charge is -2.21. The van der Waals surface area contributed by atoms with Gasteiger partial charge in [-0.1, -0.05) is 35.6 Å². The number of nitrogens with two attached hydrogens (primary N) is 1. The molecule has 116 valence electrons. The molecule has 0 saturated heterocycles. The fourth-order valence-electron chi connectivity index (χ4n) is 1.77. The predicted molar refractivity (Wildman–Crippen MR) is 92.7 cm³/mol. The monoisotopic (exact) mass is 403 g/mol. The maximum atomic E-state index is 12.0. The molecule has 0 saturated carbocycles. The number of amides is 2. The average Bonchev–Trinajstić information content (AvgIpc) is 2.43. The highest BCUT2D eigenvalue weighted by atomic mass is 127. The minimum Gasteiger partial charge on any atom is -0.370 e. The van der Waals surface area contributed by atoms with E-state index in [0.29, 0.717) is 23.4 Å². The number of guanidine groups is 1. The number of hydrogen-bond acceptors (Lipinski definition) is 3. The van der Waals surface area contributed by atoms with Crippen molar-refractivity contribution in [3.05, 3.63) is 30.1 Å². The maximum Gasteiger partial charge on any atom is 0.324 e. The highest BCUT2D eigenvalue weighted by molar-refractivity contribution is 14.1. The number of nitrogens with one attached hydrogen (secondary N) is 2. The van der Waals surface area contributed by atoms with Crippen molar-refractivity contribution in [1.29, 1.82) is 5.41 Å². The van der Waals surface area contributed by atoms with Crippen molar-refractivity contribution >= 4 is 34.6 Å². The molecular weight excluding hydrogens is 381 g/mol. The van der Waals surface area contributed by atoms with Gasteiger partial charge >= 0.3 is 6.03 Å². The molecule has 6 nitrogen and oxygen atoms in total. The number of hydrogen-bond donors (Lipinski definition) is 3. The molecule has 0 radical (unpaired) electrons. The van der Waals surface area contributed by atoms with E-state index in [2.05, 4.69) is 39.8 Å². The van der Waals surface area contributed by atoms with Crippen LogP contribution in [0.3, 0.4) is 0 Å². The van der Waals surface area contributed by atoms with Gasteiger partial charge in [-0.3, -0.25) is 15.3 Å². The van der Waals surface area contributed by atoms with Crippen LogP contribution in [0.25, 0.3) is 0 Å². The van der Waals surface area contributed by atoms with Crippen LogP contribution >= 0.6 is 22.6 Å². The lowest BCUT2D eigenvalue weighted by molar-refractivity contribution is 0.219. The molecule has 2 amide bonds. The van der Waals surface area contributed by atoms with E-state index in [1.807, 2.05) is 18.2 Å². The molecule has 0 aliphatic rings. The number of carbonyl (C=O) groups excluding carboxylic acids is 1. The van der Waals surface area contributed by atoms with Crippen LogP contribution < -0.4 is 11.1 Å². The topological polar surface area (TPSA) is 95.1 Å². The molecule has 0 aliphatic carbocycles. The van der Waals surface area contributed by atoms with E-state index >= 15 is 0 Å². The summed E-state index contributed by atoms with van der Waals surface area (Å²) in [5.74, 6) is -0.226. The van der Waals surface area contributed by atoms with Crippen molar-refractivity contribution < 1.29 is 4.79 Å². The summed E-state index contributed by atoms with van der Waals surface area (Å²) in [6, 6.07) is 5.44. The molecule has 0 aliphatic heterocycles. The van der Waals surface area contributed by atoms with E-state index in [0.717, 1.165) is 18.5 Å². The van der Waals surface area contributed by atoms with E-state index in [1.165, 1.54) is 4.90 Å². The molecule has 1 unspecified atom stereocenters. The van der Waals surface area contributed by atoms with E-state index < -0.39 is 0 Å². The highest BCUT2D eigenvalue weighted by Gasteiger charge is 2.15. The standard InChI is InChI=1S/C14H22IN5O/c1-11(15)7-9-19-14(21)20(13(16)17)10-4-6-12-5-2-3-8-18-12/h2-3,5,8,11H,4,6-7,9-10H2,1H3,(H3,16,17)(H,19,21). The summed E-state index contributed by atoms with van der Waals surface area (Å²) < 4.78 is 0.498. The zero-order valence-electron chi connectivity index (χ0n) is 12.2. The number of pyridine rings is 1. The van der Waals surface area contributed by atoms with Crippen molar-refractivity contribution in [2.24, 2.45) is 5.73 Å². The number of alkyl halides is 1. The summed E-state index contributed by atoms with van der Waals surface area (Å²) in [6.45, 7) is 3.09. The molecule has 0 fully saturated rings. The molecule has 7 heteroatoms. The Kier molecular flexibility index (Phi) is 8.03. The molecule has 0 bridgehead atoms. The maximum absolute atomic E-state index is 12.0. The SMILES string of the molecule is CC(I)CCNC(=O)N(CCCc1ccccn1)C(=N)N. The molecule has 1 rings (SSSR count). The minimum absolute atomic E-state index is 0.226. The van der Waals surface area contributed by atoms with E-state index in [4.69, 9.17) is 11.1 Å². The Hall–Kier alpha value is -1.38. The molecule has 1 aromatic rings. The lowest BCUT2D eigenvalue weighted by atomic mass is 10.2. The number of aryl methyl sites for hydroxylation is 1. The van der Waals surface area contributed by atoms with Gasteiger partial charge in [0.25, 0.3) is 0 Å². The van der Waals surface area contributed by atoms with Crippen LogP contribution in [-0.4, -0.2) is 38.9 Å². The Labute approximate surface area is 139 Å². The molecule has 0 aromatic carbocycles. The number of rotatable bonds is 7. The zero-order valence-corrected chi connectivity index (χ0v) is 14.3. The van der Waals surface area contributed by atoms with Crippen molar-refractivity contribution in [2.45, 2.75) is 30.1 Å². The lowest BCUT2D eigenvalue weighted by Crippen LogP contribution is -2.47. The van der Waals surface area contributed by atoms with Crippen LogP contribution in [0.15, 0.2) is 24.4 Å². The van der Waals surface area contributed by atoms with Gasteiger partial charge in [-0.2, -0.15) is 0 Å². The highest BCUT2D eigenvalue weighted by Crippen LogP contribution is 2.03. The fourth-order valence-corrected chi connectivity index (χ4v) is 2.08. The van der Waals surface area contributed by atoms with Gasteiger partial charge in [0.2, 0.25) is 0 Å². The van der Waals surface area contributed by atoms with Gasteiger partial charge in [0.1, 0.15) is 0 Å². The van der Waals surface area contributed by atoms with E-state index in [9.17, 15) is 4.79 Å². The second-order valence-electron chi connectivity index (χ2n) is 4.76. The second-order valence-corrected chi connectivity index (χ2v) is 6.89. The summed E-state index contributed by atoms with van der Waals surface area (Å²) in [5.41, 5.74) is 6.45. The summed E-state index contributed by atoms with van der Waals surface area (Å²) in [5, 5.41) is 10.3. The summed E-state index contributed by atoms with van der Waals surface area (Å²) in [6.07, 6.45) is 4.11. The molecular formula is C14H22IN5O. The van der Waals surface area contributed by atoms with Gasteiger partial charge in [-0.25, -0.2) is 4.79 Å². The number of nitrogens with zero attached hydrogens (tertiary/aromatic N) is 2. The Morgan fingerprint density at radius 1 is 1.57 bits per heavy atom. The average molecular weight is 403 g/mol. The molecule has 0 spiro atoms. The van der Waals surface area contributed by atoms with E-state index in [-0.39, 0.29) is 12.0 Å². The largest absolute Gasteiger partial charge is 0.370 e. The number of urea groups is 1. The molecule has 4 N–H and O–H groups in total. The first-order chi connectivity index (χ1) is 10.0. The quantitative estimate of drug-likeness (QED) is 0.282. The molecule has 1 aromatic heterocycles. The van der Waals surface area contributed by atoms with Crippen molar-refractivity contribution in [3.63, 3.8) is 0 Å². The third-order valence-corrected chi connectivity index (χ3v) is 3.52. The van der Waals surface area contributed by atoms with Gasteiger partial charge in [0.05, 0.1) is 0 Å². The van der Waals surface area contributed by atoms with Gasteiger partial charge in [-0.15, -0.1) is 0 Å². The summed E-state index contributed by atoms with van der Waals surface area (Å²) in [4.78, 5) is 17.5. The predicted octanol–water partition coefficient (Wildman–Crippen LogP) is 2.13. The molecule has 1 heterocycles. The minimum atomic E-state index is -0.305. The third-order valence-electron chi connectivity index (χ3n) is 2.90. The van der Waals surface area contributed by atoms with Crippen LogP contribution in [0.1, 0.15) is 25.5 Å². The van der Waals surface area contributed by atoms with Crippen LogP contribution in [0.5, 0.6) is 0 Å². The van der Waals surface area contributed by atoms with Crippen molar-refractivity contribution in [1.82, 2.24) is 15.2 Å².